The van der Waals surface area contributed by atoms with Gasteiger partial charge in [0.25, 0.3) is 0 Å². The molecule has 1 atom stereocenters. The van der Waals surface area contributed by atoms with Gasteiger partial charge in [-0.3, -0.25) is 4.79 Å². The van der Waals surface area contributed by atoms with E-state index in [1.807, 2.05) is 20.8 Å². The van der Waals surface area contributed by atoms with Gasteiger partial charge < -0.3 is 5.11 Å². The van der Waals surface area contributed by atoms with Gasteiger partial charge in [0.1, 0.15) is 0 Å². The lowest BCUT2D eigenvalue weighted by Crippen LogP contribution is -2.13. The number of carbonyl (C=O) groups is 1. The van der Waals surface area contributed by atoms with Gasteiger partial charge in [-0.05, 0) is 10.4 Å². The van der Waals surface area contributed by atoms with Gasteiger partial charge in [0, 0.05) is 11.8 Å². The van der Waals surface area contributed by atoms with Crippen LogP contribution in [0.4, 0.5) is 0 Å². The van der Waals surface area contributed by atoms with Crippen molar-refractivity contribution in [1.82, 2.24) is 40.4 Å². The molecule has 0 saturated heterocycles. The standard InChI is InChI=1S/C10H16N8O2/c1-6(2)9-11-15-17(13-9)4-7(3)10-12-16-18(14-10)5-8(19)20/h6-7H,4-5H2,1-3H3,(H,19,20). The third-order valence-electron chi connectivity index (χ3n) is 2.61. The van der Waals surface area contributed by atoms with E-state index in [-0.39, 0.29) is 18.4 Å². The molecule has 0 bridgehead atoms. The zero-order valence-electron chi connectivity index (χ0n) is 11.5. The van der Waals surface area contributed by atoms with Gasteiger partial charge in [-0.15, -0.1) is 20.4 Å². The molecule has 1 unspecified atom stereocenters. The van der Waals surface area contributed by atoms with Crippen LogP contribution in [-0.4, -0.2) is 51.5 Å². The molecule has 0 fully saturated rings. The predicted octanol–water partition coefficient (Wildman–Crippen LogP) is -0.329. The second-order valence-corrected chi connectivity index (χ2v) is 4.83. The van der Waals surface area contributed by atoms with Gasteiger partial charge in [0.2, 0.25) is 0 Å². The van der Waals surface area contributed by atoms with Crippen molar-refractivity contribution in [2.24, 2.45) is 0 Å². The van der Waals surface area contributed by atoms with Crippen molar-refractivity contribution in [1.29, 1.82) is 0 Å². The highest BCUT2D eigenvalue weighted by molar-refractivity contribution is 5.66. The van der Waals surface area contributed by atoms with Crippen LogP contribution in [0, 0.1) is 0 Å². The Morgan fingerprint density at radius 3 is 2.30 bits per heavy atom. The molecule has 0 aromatic carbocycles. The highest BCUT2D eigenvalue weighted by atomic mass is 16.4. The molecule has 2 heterocycles. The van der Waals surface area contributed by atoms with Gasteiger partial charge >= 0.3 is 5.97 Å². The summed E-state index contributed by atoms with van der Waals surface area (Å²) in [7, 11) is 0. The van der Waals surface area contributed by atoms with Crippen LogP contribution in [0.3, 0.4) is 0 Å². The summed E-state index contributed by atoms with van der Waals surface area (Å²) in [6, 6.07) is 0. The number of aliphatic carboxylic acids is 1. The smallest absolute Gasteiger partial charge is 0.327 e. The van der Waals surface area contributed by atoms with Gasteiger partial charge in [-0.2, -0.15) is 9.59 Å². The first kappa shape index (κ1) is 14.0. The van der Waals surface area contributed by atoms with E-state index in [0.717, 1.165) is 4.80 Å². The maximum Gasteiger partial charge on any atom is 0.327 e. The fourth-order valence-corrected chi connectivity index (χ4v) is 1.53. The van der Waals surface area contributed by atoms with E-state index < -0.39 is 5.97 Å². The van der Waals surface area contributed by atoms with Gasteiger partial charge in [-0.25, -0.2) is 0 Å². The van der Waals surface area contributed by atoms with Crippen molar-refractivity contribution in [3.63, 3.8) is 0 Å². The lowest BCUT2D eigenvalue weighted by atomic mass is 10.2. The minimum atomic E-state index is -1.01. The highest BCUT2D eigenvalue weighted by Crippen LogP contribution is 2.12. The number of tetrazole rings is 2. The molecule has 1 N–H and O–H groups in total. The molecule has 10 heteroatoms. The summed E-state index contributed by atoms with van der Waals surface area (Å²) in [5, 5.41) is 32.3. The summed E-state index contributed by atoms with van der Waals surface area (Å²) in [6.45, 7) is 6.02. The summed E-state index contributed by atoms with van der Waals surface area (Å²) in [6.07, 6.45) is 0. The quantitative estimate of drug-likeness (QED) is 0.762. The fourth-order valence-electron chi connectivity index (χ4n) is 1.53. The highest BCUT2D eigenvalue weighted by Gasteiger charge is 2.16. The second-order valence-electron chi connectivity index (χ2n) is 4.83. The Morgan fingerprint density at radius 1 is 1.10 bits per heavy atom. The van der Waals surface area contributed by atoms with E-state index in [1.54, 1.807) is 0 Å². The van der Waals surface area contributed by atoms with Crippen molar-refractivity contribution >= 4 is 5.97 Å². The van der Waals surface area contributed by atoms with Gasteiger partial charge in [0.05, 0.1) is 6.54 Å². The molecule has 2 aromatic heterocycles. The van der Waals surface area contributed by atoms with Crippen LogP contribution in [0.2, 0.25) is 0 Å². The minimum absolute atomic E-state index is 0.0910. The van der Waals surface area contributed by atoms with Crippen molar-refractivity contribution in [2.75, 3.05) is 0 Å². The molecule has 0 aliphatic heterocycles. The molecule has 10 nitrogen and oxygen atoms in total. The van der Waals surface area contributed by atoms with E-state index in [9.17, 15) is 4.79 Å². The van der Waals surface area contributed by atoms with Gasteiger partial charge in [0.15, 0.2) is 18.2 Å². The van der Waals surface area contributed by atoms with Crippen molar-refractivity contribution in [2.45, 2.75) is 45.7 Å². The molecular weight excluding hydrogens is 264 g/mol. The van der Waals surface area contributed by atoms with Crippen molar-refractivity contribution in [3.8, 4) is 0 Å². The zero-order valence-corrected chi connectivity index (χ0v) is 11.5. The number of aromatic nitrogens is 8. The first-order chi connectivity index (χ1) is 9.45. The first-order valence-corrected chi connectivity index (χ1v) is 6.23. The molecule has 0 aliphatic rings. The number of rotatable bonds is 6. The molecule has 0 amide bonds. The molecule has 0 spiro atoms. The number of nitrogens with zero attached hydrogens (tertiary/aromatic N) is 8. The van der Waals surface area contributed by atoms with E-state index >= 15 is 0 Å². The van der Waals surface area contributed by atoms with E-state index in [0.29, 0.717) is 18.2 Å². The SMILES string of the molecule is CC(C)c1nnn(CC(C)c2nnn(CC(=O)O)n2)n1. The Morgan fingerprint density at radius 2 is 1.70 bits per heavy atom. The van der Waals surface area contributed by atoms with E-state index in [1.165, 1.54) is 4.80 Å². The molecule has 0 radical (unpaired) electrons. The Hall–Kier alpha value is -2.39. The third kappa shape index (κ3) is 3.33. The maximum atomic E-state index is 10.5. The average Bonchev–Trinajstić information content (AvgIpc) is 2.97. The second kappa shape index (κ2) is 5.72. The topological polar surface area (TPSA) is 125 Å². The van der Waals surface area contributed by atoms with Crippen LogP contribution < -0.4 is 0 Å². The summed E-state index contributed by atoms with van der Waals surface area (Å²) < 4.78 is 0. The van der Waals surface area contributed by atoms with Crippen LogP contribution in [0.5, 0.6) is 0 Å². The maximum absolute atomic E-state index is 10.5. The first-order valence-electron chi connectivity index (χ1n) is 6.23. The summed E-state index contributed by atoms with van der Waals surface area (Å²) >= 11 is 0. The van der Waals surface area contributed by atoms with Crippen LogP contribution >= 0.6 is 0 Å². The predicted molar refractivity (Wildman–Crippen MR) is 65.8 cm³/mol. The number of hydrogen-bond donors (Lipinski definition) is 1. The lowest BCUT2D eigenvalue weighted by molar-refractivity contribution is -0.138. The monoisotopic (exact) mass is 280 g/mol. The van der Waals surface area contributed by atoms with Crippen LogP contribution in [0.1, 0.15) is 44.3 Å². The number of hydrogen-bond acceptors (Lipinski definition) is 7. The van der Waals surface area contributed by atoms with Crippen LogP contribution in [0.15, 0.2) is 0 Å². The van der Waals surface area contributed by atoms with Crippen molar-refractivity contribution in [3.05, 3.63) is 11.6 Å². The number of carboxylic acids is 1. The average molecular weight is 280 g/mol. The summed E-state index contributed by atoms with van der Waals surface area (Å²) in [5.41, 5.74) is 0. The summed E-state index contributed by atoms with van der Waals surface area (Å²) in [5.74, 6) is 0.246. The molecule has 2 aromatic rings. The Labute approximate surface area is 114 Å². The number of carboxylic acid groups (broad SMARTS) is 1. The zero-order chi connectivity index (χ0) is 14.7. The Bertz CT molecular complexity index is 590. The Balaban J connectivity index is 2.01. The lowest BCUT2D eigenvalue weighted by Gasteiger charge is -2.04. The molecule has 0 aliphatic carbocycles. The van der Waals surface area contributed by atoms with Crippen LogP contribution in [0.25, 0.3) is 0 Å². The molecule has 20 heavy (non-hydrogen) atoms. The third-order valence-corrected chi connectivity index (χ3v) is 2.61. The van der Waals surface area contributed by atoms with E-state index in [2.05, 4.69) is 30.8 Å². The molecular formula is C10H16N8O2. The molecule has 2 rings (SSSR count). The minimum Gasteiger partial charge on any atom is -0.480 e. The normalized spacial score (nSPS) is 12.8. The van der Waals surface area contributed by atoms with Crippen LogP contribution in [-0.2, 0) is 17.9 Å². The van der Waals surface area contributed by atoms with E-state index in [4.69, 9.17) is 5.11 Å². The molecule has 0 saturated carbocycles. The van der Waals surface area contributed by atoms with Gasteiger partial charge in [-0.1, -0.05) is 20.8 Å². The molecule has 108 valence electrons. The fraction of sp³-hybridized carbons (Fsp3) is 0.700. The van der Waals surface area contributed by atoms with Crippen molar-refractivity contribution < 1.29 is 9.90 Å². The largest absolute Gasteiger partial charge is 0.480 e. The summed E-state index contributed by atoms with van der Waals surface area (Å²) in [4.78, 5) is 13.1. The Kier molecular flexibility index (Phi) is 4.01.